The molecular weight excluding hydrogens is 363 g/mol. The van der Waals surface area contributed by atoms with E-state index in [0.29, 0.717) is 12.8 Å². The van der Waals surface area contributed by atoms with Crippen molar-refractivity contribution >= 4 is 10.1 Å². The Hall–Kier alpha value is 1.51. The summed E-state index contributed by atoms with van der Waals surface area (Å²) in [4.78, 5) is -2.05. The maximum absolute atomic E-state index is 11.4. The molecule has 0 aromatic carbocycles. The van der Waals surface area contributed by atoms with Crippen LogP contribution in [-0.2, 0) is 10.1 Å². The van der Waals surface area contributed by atoms with E-state index in [-0.39, 0.29) is 64.2 Å². The molecule has 1 N–H and O–H groups in total. The standard InChI is InChI=1S/C19H40O4S.K/c1-3-5-7-8-9-10-11-12-13-14-16-18-19(20,24(21,22)23)17-15-6-4-2;/h20H,3-18H2,1-2H3,(H,21,22,23);/q;+1/p-1. The largest absolute Gasteiger partial charge is 1.00 e. The van der Waals surface area contributed by atoms with Gasteiger partial charge in [-0.1, -0.05) is 90.9 Å². The number of aliphatic hydroxyl groups is 1. The van der Waals surface area contributed by atoms with E-state index in [9.17, 15) is 18.1 Å². The average molecular weight is 403 g/mol. The molecule has 0 aromatic heterocycles. The van der Waals surface area contributed by atoms with Gasteiger partial charge in [-0.05, 0) is 25.7 Å². The second-order valence-corrected chi connectivity index (χ2v) is 8.81. The summed E-state index contributed by atoms with van der Waals surface area (Å²) in [5.41, 5.74) is 0. The average Bonchev–Trinajstić information content (AvgIpc) is 2.52. The van der Waals surface area contributed by atoms with E-state index in [1.165, 1.54) is 44.9 Å². The quantitative estimate of drug-likeness (QED) is 0.230. The Labute approximate surface area is 199 Å². The molecule has 146 valence electrons. The third-order valence-corrected chi connectivity index (χ3v) is 6.15. The Morgan fingerprint density at radius 3 is 1.32 bits per heavy atom. The molecule has 4 nitrogen and oxygen atoms in total. The number of hydrogen-bond donors (Lipinski definition) is 1. The summed E-state index contributed by atoms with van der Waals surface area (Å²) in [6.45, 7) is 4.23. The van der Waals surface area contributed by atoms with E-state index in [4.69, 9.17) is 0 Å². The predicted octanol–water partition coefficient (Wildman–Crippen LogP) is 2.51. The first-order valence-electron chi connectivity index (χ1n) is 10.0. The van der Waals surface area contributed by atoms with Crippen LogP contribution < -0.4 is 51.4 Å². The molecule has 0 heterocycles. The van der Waals surface area contributed by atoms with Crippen LogP contribution in [0, 0.1) is 0 Å². The van der Waals surface area contributed by atoms with Gasteiger partial charge in [-0.25, -0.2) is 8.42 Å². The molecule has 1 unspecified atom stereocenters. The van der Waals surface area contributed by atoms with Crippen LogP contribution in [0.25, 0.3) is 0 Å². The Bertz CT molecular complexity index is 387. The van der Waals surface area contributed by atoms with Gasteiger partial charge in [-0.3, -0.25) is 0 Å². The summed E-state index contributed by atoms with van der Waals surface area (Å²) in [5.74, 6) is 0. The third-order valence-electron chi connectivity index (χ3n) is 4.81. The molecule has 0 saturated carbocycles. The van der Waals surface area contributed by atoms with Crippen LogP contribution in [0.4, 0.5) is 0 Å². The molecule has 0 aromatic rings. The fraction of sp³-hybridized carbons (Fsp3) is 1.00. The molecule has 0 aliphatic carbocycles. The molecule has 0 aliphatic heterocycles. The van der Waals surface area contributed by atoms with Gasteiger partial charge in [0.1, 0.15) is 10.1 Å². The van der Waals surface area contributed by atoms with Gasteiger partial charge in [0.15, 0.2) is 4.93 Å². The van der Waals surface area contributed by atoms with Crippen molar-refractivity contribution in [3.8, 4) is 0 Å². The zero-order valence-corrected chi connectivity index (χ0v) is 20.8. The van der Waals surface area contributed by atoms with Crippen LogP contribution in [0.5, 0.6) is 0 Å². The third kappa shape index (κ3) is 15.1. The minimum atomic E-state index is -4.65. The van der Waals surface area contributed by atoms with E-state index < -0.39 is 15.1 Å². The first-order valence-corrected chi connectivity index (χ1v) is 11.5. The molecule has 0 rings (SSSR count). The maximum Gasteiger partial charge on any atom is 1.00 e. The monoisotopic (exact) mass is 402 g/mol. The molecule has 0 amide bonds. The molecule has 0 radical (unpaired) electrons. The van der Waals surface area contributed by atoms with Gasteiger partial charge in [-0.2, -0.15) is 0 Å². The van der Waals surface area contributed by atoms with Gasteiger partial charge in [-0.15, -0.1) is 0 Å². The van der Waals surface area contributed by atoms with Crippen molar-refractivity contribution in [2.24, 2.45) is 0 Å². The fourth-order valence-corrected chi connectivity index (χ4v) is 3.88. The van der Waals surface area contributed by atoms with Crippen LogP contribution in [-0.4, -0.2) is 23.0 Å². The van der Waals surface area contributed by atoms with Crippen LogP contribution in [0.1, 0.15) is 117 Å². The first kappa shape index (κ1) is 28.7. The van der Waals surface area contributed by atoms with Crippen molar-refractivity contribution in [1.82, 2.24) is 0 Å². The molecular formula is C19H39KO4S. The van der Waals surface area contributed by atoms with Crippen LogP contribution >= 0.6 is 0 Å². The van der Waals surface area contributed by atoms with Crippen LogP contribution in [0.2, 0.25) is 0 Å². The van der Waals surface area contributed by atoms with Crippen LogP contribution in [0.3, 0.4) is 0 Å². The van der Waals surface area contributed by atoms with Gasteiger partial charge in [0, 0.05) is 0 Å². The van der Waals surface area contributed by atoms with Crippen molar-refractivity contribution in [3.05, 3.63) is 0 Å². The van der Waals surface area contributed by atoms with Crippen molar-refractivity contribution in [1.29, 1.82) is 0 Å². The summed E-state index contributed by atoms with van der Waals surface area (Å²) in [7, 11) is -4.65. The minimum Gasteiger partial charge on any atom is -0.746 e. The molecule has 6 heteroatoms. The summed E-state index contributed by atoms with van der Waals surface area (Å²) in [6, 6.07) is 0. The van der Waals surface area contributed by atoms with Crippen molar-refractivity contribution in [2.75, 3.05) is 0 Å². The van der Waals surface area contributed by atoms with Crippen molar-refractivity contribution < 1.29 is 69.5 Å². The minimum absolute atomic E-state index is 0. The van der Waals surface area contributed by atoms with Gasteiger partial charge in [0.05, 0.1) is 0 Å². The molecule has 0 aliphatic rings. The summed E-state index contributed by atoms with van der Waals surface area (Å²) >= 11 is 0. The van der Waals surface area contributed by atoms with Crippen molar-refractivity contribution in [3.63, 3.8) is 0 Å². The summed E-state index contributed by atoms with van der Waals surface area (Å²) in [6.07, 6.45) is 15.4. The molecule has 25 heavy (non-hydrogen) atoms. The zero-order chi connectivity index (χ0) is 18.3. The fourth-order valence-electron chi connectivity index (χ4n) is 3.09. The molecule has 0 fully saturated rings. The number of unbranched alkanes of at least 4 members (excludes halogenated alkanes) is 12. The molecule has 1 atom stereocenters. The Morgan fingerprint density at radius 2 is 0.960 bits per heavy atom. The second kappa shape index (κ2) is 17.6. The van der Waals surface area contributed by atoms with E-state index >= 15 is 0 Å². The second-order valence-electron chi connectivity index (χ2n) is 7.14. The first-order chi connectivity index (χ1) is 11.4. The topological polar surface area (TPSA) is 77.4 Å². The van der Waals surface area contributed by atoms with Gasteiger partial charge >= 0.3 is 51.4 Å². The van der Waals surface area contributed by atoms with Gasteiger partial charge in [0.25, 0.3) is 0 Å². The van der Waals surface area contributed by atoms with E-state index in [0.717, 1.165) is 32.1 Å². The Morgan fingerprint density at radius 1 is 0.680 bits per heavy atom. The van der Waals surface area contributed by atoms with Crippen LogP contribution in [0.15, 0.2) is 0 Å². The van der Waals surface area contributed by atoms with Gasteiger partial charge < -0.3 is 9.66 Å². The predicted molar refractivity (Wildman–Crippen MR) is 99.9 cm³/mol. The summed E-state index contributed by atoms with van der Waals surface area (Å²) < 4.78 is 34.1. The summed E-state index contributed by atoms with van der Waals surface area (Å²) in [5, 5.41) is 10.2. The molecule has 0 saturated heterocycles. The number of hydrogen-bond acceptors (Lipinski definition) is 4. The normalized spacial score (nSPS) is 14.1. The van der Waals surface area contributed by atoms with Crippen molar-refractivity contribution in [2.45, 2.75) is 122 Å². The number of rotatable bonds is 17. The van der Waals surface area contributed by atoms with E-state index in [2.05, 4.69) is 6.92 Å². The SMILES string of the molecule is CCCCCCCCCCCCCC(O)(CCCCC)S(=O)(=O)[O-].[K+]. The van der Waals surface area contributed by atoms with E-state index in [1.54, 1.807) is 0 Å². The zero-order valence-electron chi connectivity index (χ0n) is 16.9. The van der Waals surface area contributed by atoms with Gasteiger partial charge in [0.2, 0.25) is 0 Å². The molecule has 0 bridgehead atoms. The smallest absolute Gasteiger partial charge is 0.746 e. The Balaban J connectivity index is 0. The Kier molecular flexibility index (Phi) is 20.2. The molecule has 0 spiro atoms. The maximum atomic E-state index is 11.4. The van der Waals surface area contributed by atoms with E-state index in [1.807, 2.05) is 6.92 Å².